The Balaban J connectivity index is 1.68. The number of hydrogen-bond donors (Lipinski definition) is 1. The second-order valence-corrected chi connectivity index (χ2v) is 5.59. The minimum atomic E-state index is 0.178. The van der Waals surface area contributed by atoms with Gasteiger partial charge >= 0.3 is 0 Å². The summed E-state index contributed by atoms with van der Waals surface area (Å²) in [6, 6.07) is 6.72. The van der Waals surface area contributed by atoms with Crippen LogP contribution in [-0.4, -0.2) is 32.5 Å². The average molecular weight is 277 g/mol. The number of hydrogen-bond acceptors (Lipinski definition) is 4. The molecule has 0 amide bonds. The number of rotatable bonds is 6. The van der Waals surface area contributed by atoms with Gasteiger partial charge in [0.15, 0.2) is 0 Å². The van der Waals surface area contributed by atoms with E-state index in [1.165, 1.54) is 18.4 Å². The van der Waals surface area contributed by atoms with Crippen LogP contribution in [0.4, 0.5) is 0 Å². The monoisotopic (exact) mass is 277 g/mol. The zero-order chi connectivity index (χ0) is 13.8. The number of nitrogens with one attached hydrogen (secondary N) is 1. The molecule has 3 rings (SSSR count). The Morgan fingerprint density at radius 3 is 2.90 bits per heavy atom. The fourth-order valence-electron chi connectivity index (χ4n) is 2.46. The van der Waals surface area contributed by atoms with Crippen LogP contribution in [0, 0.1) is 0 Å². The SMILES string of the molecule is COc1ccc(OC2CCCOC2)c(CNC2CC2)c1. The molecule has 4 nitrogen and oxygen atoms in total. The first-order valence-electron chi connectivity index (χ1n) is 7.50. The van der Waals surface area contributed by atoms with Crippen LogP contribution >= 0.6 is 0 Å². The van der Waals surface area contributed by atoms with Gasteiger partial charge in [0.05, 0.1) is 13.7 Å². The Kier molecular flexibility index (Phi) is 4.43. The van der Waals surface area contributed by atoms with E-state index in [1.807, 2.05) is 12.1 Å². The van der Waals surface area contributed by atoms with Gasteiger partial charge < -0.3 is 19.5 Å². The molecule has 4 heteroatoms. The highest BCUT2D eigenvalue weighted by molar-refractivity contribution is 5.40. The molecule has 1 N–H and O–H groups in total. The molecular weight excluding hydrogens is 254 g/mol. The zero-order valence-corrected chi connectivity index (χ0v) is 12.1. The first-order chi connectivity index (χ1) is 9.85. The Bertz CT molecular complexity index is 439. The fourth-order valence-corrected chi connectivity index (χ4v) is 2.46. The minimum Gasteiger partial charge on any atom is -0.497 e. The zero-order valence-electron chi connectivity index (χ0n) is 12.1. The van der Waals surface area contributed by atoms with Crippen molar-refractivity contribution >= 4 is 0 Å². The lowest BCUT2D eigenvalue weighted by atomic mass is 10.1. The van der Waals surface area contributed by atoms with E-state index in [0.29, 0.717) is 12.6 Å². The molecule has 2 aliphatic rings. The van der Waals surface area contributed by atoms with Gasteiger partial charge in [0.25, 0.3) is 0 Å². The van der Waals surface area contributed by atoms with Crippen molar-refractivity contribution in [1.29, 1.82) is 0 Å². The maximum atomic E-state index is 6.12. The summed E-state index contributed by atoms with van der Waals surface area (Å²) >= 11 is 0. The number of methoxy groups -OCH3 is 1. The predicted octanol–water partition coefficient (Wildman–Crippen LogP) is 2.51. The molecule has 1 aromatic rings. The summed E-state index contributed by atoms with van der Waals surface area (Å²) in [5, 5.41) is 3.54. The summed E-state index contributed by atoms with van der Waals surface area (Å²) < 4.78 is 16.9. The molecule has 20 heavy (non-hydrogen) atoms. The third-order valence-corrected chi connectivity index (χ3v) is 3.84. The van der Waals surface area contributed by atoms with Gasteiger partial charge in [-0.05, 0) is 43.9 Å². The van der Waals surface area contributed by atoms with Crippen LogP contribution in [0.3, 0.4) is 0 Å². The van der Waals surface area contributed by atoms with Gasteiger partial charge in [-0.3, -0.25) is 0 Å². The van der Waals surface area contributed by atoms with E-state index in [0.717, 1.165) is 37.5 Å². The van der Waals surface area contributed by atoms with Gasteiger partial charge in [-0.2, -0.15) is 0 Å². The minimum absolute atomic E-state index is 0.178. The number of benzene rings is 1. The van der Waals surface area contributed by atoms with E-state index in [2.05, 4.69) is 11.4 Å². The standard InChI is InChI=1S/C16H23NO3/c1-18-14-6-7-16(20-15-3-2-8-19-11-15)12(9-14)10-17-13-4-5-13/h6-7,9,13,15,17H,2-5,8,10-11H2,1H3. The Morgan fingerprint density at radius 1 is 1.30 bits per heavy atom. The first-order valence-corrected chi connectivity index (χ1v) is 7.50. The van der Waals surface area contributed by atoms with Crippen molar-refractivity contribution in [3.8, 4) is 11.5 Å². The van der Waals surface area contributed by atoms with Crippen LogP contribution in [0.2, 0.25) is 0 Å². The molecule has 0 radical (unpaired) electrons. The van der Waals surface area contributed by atoms with Gasteiger partial charge in [-0.1, -0.05) is 0 Å². The molecule has 0 bridgehead atoms. The lowest BCUT2D eigenvalue weighted by Gasteiger charge is -2.24. The van der Waals surface area contributed by atoms with E-state index < -0.39 is 0 Å². The Labute approximate surface area is 120 Å². The molecule has 2 fully saturated rings. The van der Waals surface area contributed by atoms with Crippen molar-refractivity contribution in [2.75, 3.05) is 20.3 Å². The molecule has 1 saturated carbocycles. The van der Waals surface area contributed by atoms with E-state index >= 15 is 0 Å². The Hall–Kier alpha value is -1.26. The normalized spacial score (nSPS) is 22.6. The van der Waals surface area contributed by atoms with Crippen LogP contribution in [0.1, 0.15) is 31.2 Å². The van der Waals surface area contributed by atoms with Crippen molar-refractivity contribution in [3.05, 3.63) is 23.8 Å². The van der Waals surface area contributed by atoms with Crippen molar-refractivity contribution in [2.24, 2.45) is 0 Å². The maximum Gasteiger partial charge on any atom is 0.124 e. The van der Waals surface area contributed by atoms with E-state index in [-0.39, 0.29) is 6.10 Å². The maximum absolute atomic E-state index is 6.12. The summed E-state index contributed by atoms with van der Waals surface area (Å²) in [5.74, 6) is 1.83. The molecule has 110 valence electrons. The molecule has 1 saturated heterocycles. The molecule has 1 aliphatic heterocycles. The van der Waals surface area contributed by atoms with Crippen molar-refractivity contribution < 1.29 is 14.2 Å². The quantitative estimate of drug-likeness (QED) is 0.867. The average Bonchev–Trinajstić information content (AvgIpc) is 3.31. The van der Waals surface area contributed by atoms with Crippen LogP contribution in [0.5, 0.6) is 11.5 Å². The number of ether oxygens (including phenoxy) is 3. The third-order valence-electron chi connectivity index (χ3n) is 3.84. The van der Waals surface area contributed by atoms with Crippen LogP contribution in [-0.2, 0) is 11.3 Å². The van der Waals surface area contributed by atoms with E-state index in [4.69, 9.17) is 14.2 Å². The van der Waals surface area contributed by atoms with Crippen molar-refractivity contribution in [2.45, 2.75) is 44.4 Å². The largest absolute Gasteiger partial charge is 0.497 e. The smallest absolute Gasteiger partial charge is 0.124 e. The molecule has 0 aromatic heterocycles. The van der Waals surface area contributed by atoms with E-state index in [1.54, 1.807) is 7.11 Å². The van der Waals surface area contributed by atoms with Gasteiger partial charge in [0.2, 0.25) is 0 Å². The second-order valence-electron chi connectivity index (χ2n) is 5.59. The topological polar surface area (TPSA) is 39.7 Å². The summed E-state index contributed by atoms with van der Waals surface area (Å²) in [6.45, 7) is 2.39. The summed E-state index contributed by atoms with van der Waals surface area (Å²) in [4.78, 5) is 0. The summed E-state index contributed by atoms with van der Waals surface area (Å²) in [6.07, 6.45) is 4.91. The first kappa shape index (κ1) is 13.7. The highest BCUT2D eigenvalue weighted by Gasteiger charge is 2.22. The van der Waals surface area contributed by atoms with Gasteiger partial charge in [0.1, 0.15) is 17.6 Å². The van der Waals surface area contributed by atoms with Gasteiger partial charge in [-0.25, -0.2) is 0 Å². The molecule has 1 aliphatic carbocycles. The van der Waals surface area contributed by atoms with Crippen LogP contribution < -0.4 is 14.8 Å². The molecule has 1 heterocycles. The molecule has 1 aromatic carbocycles. The van der Waals surface area contributed by atoms with Crippen molar-refractivity contribution in [1.82, 2.24) is 5.32 Å². The summed E-state index contributed by atoms with van der Waals surface area (Å²) in [5.41, 5.74) is 1.17. The van der Waals surface area contributed by atoms with Gasteiger partial charge in [-0.15, -0.1) is 0 Å². The molecular formula is C16H23NO3. The Morgan fingerprint density at radius 2 is 2.20 bits per heavy atom. The highest BCUT2D eigenvalue weighted by Crippen LogP contribution is 2.28. The van der Waals surface area contributed by atoms with E-state index in [9.17, 15) is 0 Å². The lowest BCUT2D eigenvalue weighted by molar-refractivity contribution is 0.00698. The third kappa shape index (κ3) is 3.64. The molecule has 1 atom stereocenters. The second kappa shape index (κ2) is 6.46. The lowest BCUT2D eigenvalue weighted by Crippen LogP contribution is -2.28. The van der Waals surface area contributed by atoms with Crippen LogP contribution in [0.15, 0.2) is 18.2 Å². The summed E-state index contributed by atoms with van der Waals surface area (Å²) in [7, 11) is 1.70. The fraction of sp³-hybridized carbons (Fsp3) is 0.625. The van der Waals surface area contributed by atoms with Crippen molar-refractivity contribution in [3.63, 3.8) is 0 Å². The highest BCUT2D eigenvalue weighted by atomic mass is 16.5. The van der Waals surface area contributed by atoms with Gasteiger partial charge in [0, 0.05) is 24.8 Å². The molecule has 1 unspecified atom stereocenters. The molecule has 0 spiro atoms. The predicted molar refractivity (Wildman–Crippen MR) is 77.3 cm³/mol. The van der Waals surface area contributed by atoms with Crippen LogP contribution in [0.25, 0.3) is 0 Å².